The lowest BCUT2D eigenvalue weighted by Gasteiger charge is -2.07. The van der Waals surface area contributed by atoms with E-state index in [2.05, 4.69) is 5.16 Å². The highest BCUT2D eigenvalue weighted by Crippen LogP contribution is 2.33. The molecule has 0 aliphatic heterocycles. The number of hydrogen-bond donors (Lipinski definition) is 0. The molecule has 5 heteroatoms. The van der Waals surface area contributed by atoms with Gasteiger partial charge in [-0.15, -0.1) is 0 Å². The van der Waals surface area contributed by atoms with Crippen LogP contribution in [0.2, 0.25) is 5.02 Å². The van der Waals surface area contributed by atoms with E-state index < -0.39 is 0 Å². The minimum Gasteiger partial charge on any atom is -0.495 e. The molecule has 1 heterocycles. The minimum atomic E-state index is 0.242. The van der Waals surface area contributed by atoms with Gasteiger partial charge < -0.3 is 9.26 Å². The lowest BCUT2D eigenvalue weighted by molar-refractivity contribution is 0.414. The second kappa shape index (κ2) is 4.48. The van der Waals surface area contributed by atoms with Gasteiger partial charge in [0.25, 0.3) is 0 Å². The van der Waals surface area contributed by atoms with Crippen molar-refractivity contribution in [2.24, 2.45) is 0 Å². The molecule has 0 saturated carbocycles. The molecule has 0 unspecified atom stereocenters. The van der Waals surface area contributed by atoms with Crippen LogP contribution in [0.4, 0.5) is 0 Å². The van der Waals surface area contributed by atoms with E-state index in [1.807, 2.05) is 19.1 Å². The van der Waals surface area contributed by atoms with Gasteiger partial charge in [0, 0.05) is 11.6 Å². The van der Waals surface area contributed by atoms with Crippen molar-refractivity contribution in [3.8, 4) is 23.1 Å². The molecule has 0 spiro atoms. The van der Waals surface area contributed by atoms with Gasteiger partial charge in [0.1, 0.15) is 11.8 Å². The van der Waals surface area contributed by atoms with Crippen LogP contribution >= 0.6 is 11.6 Å². The average molecular weight is 249 g/mol. The molecule has 0 saturated heterocycles. The average Bonchev–Trinajstić information content (AvgIpc) is 2.80. The van der Waals surface area contributed by atoms with Crippen molar-refractivity contribution in [3.63, 3.8) is 0 Å². The smallest absolute Gasteiger partial charge is 0.184 e. The van der Waals surface area contributed by atoms with Gasteiger partial charge in [-0.25, -0.2) is 0 Å². The van der Waals surface area contributed by atoms with Crippen LogP contribution in [0.5, 0.6) is 5.75 Å². The molecule has 2 rings (SSSR count). The van der Waals surface area contributed by atoms with Crippen molar-refractivity contribution in [1.29, 1.82) is 5.26 Å². The molecular formula is C12H9ClN2O2. The first-order valence-corrected chi connectivity index (χ1v) is 5.25. The van der Waals surface area contributed by atoms with E-state index in [0.717, 1.165) is 11.1 Å². The molecule has 0 aliphatic rings. The second-order valence-electron chi connectivity index (χ2n) is 3.49. The van der Waals surface area contributed by atoms with E-state index in [9.17, 15) is 0 Å². The van der Waals surface area contributed by atoms with Crippen molar-refractivity contribution in [2.45, 2.75) is 6.92 Å². The summed E-state index contributed by atoms with van der Waals surface area (Å²) in [7, 11) is 1.56. The third-order valence-electron chi connectivity index (χ3n) is 2.39. The second-order valence-corrected chi connectivity index (χ2v) is 3.90. The predicted octanol–water partition coefficient (Wildman–Crippen LogP) is 3.18. The van der Waals surface area contributed by atoms with E-state index in [1.165, 1.54) is 0 Å². The first kappa shape index (κ1) is 11.5. The van der Waals surface area contributed by atoms with Crippen LogP contribution in [0.25, 0.3) is 11.3 Å². The van der Waals surface area contributed by atoms with Crippen molar-refractivity contribution >= 4 is 11.6 Å². The molecule has 0 atom stereocenters. The molecule has 0 bridgehead atoms. The van der Waals surface area contributed by atoms with Crippen molar-refractivity contribution in [3.05, 3.63) is 34.5 Å². The molecule has 0 radical (unpaired) electrons. The van der Waals surface area contributed by atoms with Crippen LogP contribution < -0.4 is 4.74 Å². The maximum atomic E-state index is 8.69. The molecule has 0 aliphatic carbocycles. The highest BCUT2D eigenvalue weighted by Gasteiger charge is 2.12. The SMILES string of the molecule is COc1cc(C)c(-c2cc(C#N)no2)cc1Cl. The normalized spacial score (nSPS) is 10.0. The summed E-state index contributed by atoms with van der Waals surface area (Å²) in [4.78, 5) is 0. The fourth-order valence-corrected chi connectivity index (χ4v) is 1.77. The Morgan fingerprint density at radius 2 is 2.18 bits per heavy atom. The number of aromatic nitrogens is 1. The number of rotatable bonds is 2. The maximum absolute atomic E-state index is 8.69. The predicted molar refractivity (Wildman–Crippen MR) is 63.0 cm³/mol. The molecule has 17 heavy (non-hydrogen) atoms. The number of methoxy groups -OCH3 is 1. The Bertz CT molecular complexity index is 599. The Morgan fingerprint density at radius 3 is 2.76 bits per heavy atom. The summed E-state index contributed by atoms with van der Waals surface area (Å²) in [6.07, 6.45) is 0. The first-order chi connectivity index (χ1) is 8.15. The number of halogens is 1. The zero-order valence-electron chi connectivity index (χ0n) is 9.32. The Hall–Kier alpha value is -1.99. The Labute approximate surface area is 103 Å². The molecular weight excluding hydrogens is 240 g/mol. The quantitative estimate of drug-likeness (QED) is 0.819. The number of aryl methyl sites for hydroxylation is 1. The lowest BCUT2D eigenvalue weighted by atomic mass is 10.1. The Morgan fingerprint density at radius 1 is 1.41 bits per heavy atom. The summed E-state index contributed by atoms with van der Waals surface area (Å²) in [5.74, 6) is 1.12. The lowest BCUT2D eigenvalue weighted by Crippen LogP contribution is -1.88. The summed E-state index contributed by atoms with van der Waals surface area (Å²) in [5, 5.41) is 12.8. The molecule has 1 aromatic heterocycles. The van der Waals surface area contributed by atoms with Crippen molar-refractivity contribution < 1.29 is 9.26 Å². The molecule has 1 aromatic carbocycles. The minimum absolute atomic E-state index is 0.242. The topological polar surface area (TPSA) is 59.0 Å². The van der Waals surface area contributed by atoms with E-state index in [0.29, 0.717) is 16.5 Å². The van der Waals surface area contributed by atoms with Gasteiger partial charge in [-0.05, 0) is 24.6 Å². The number of nitriles is 1. The third-order valence-corrected chi connectivity index (χ3v) is 2.68. The highest BCUT2D eigenvalue weighted by molar-refractivity contribution is 6.32. The summed E-state index contributed by atoms with van der Waals surface area (Å²) in [5.41, 5.74) is 1.98. The van der Waals surface area contributed by atoms with E-state index in [1.54, 1.807) is 19.2 Å². The van der Waals surface area contributed by atoms with Gasteiger partial charge in [0.15, 0.2) is 11.5 Å². The summed E-state index contributed by atoms with van der Waals surface area (Å²) in [6, 6.07) is 7.03. The van der Waals surface area contributed by atoms with Crippen LogP contribution in [0.1, 0.15) is 11.3 Å². The summed E-state index contributed by atoms with van der Waals surface area (Å²) in [6.45, 7) is 1.91. The molecule has 0 amide bonds. The molecule has 2 aromatic rings. The number of hydrogen-bond acceptors (Lipinski definition) is 4. The van der Waals surface area contributed by atoms with Gasteiger partial charge in [0.05, 0.1) is 12.1 Å². The number of ether oxygens (including phenoxy) is 1. The van der Waals surface area contributed by atoms with Gasteiger partial charge in [0.2, 0.25) is 0 Å². The van der Waals surface area contributed by atoms with Crippen LogP contribution in [0, 0.1) is 18.3 Å². The highest BCUT2D eigenvalue weighted by atomic mass is 35.5. The van der Waals surface area contributed by atoms with Crippen LogP contribution in [0.3, 0.4) is 0 Å². The fraction of sp³-hybridized carbons (Fsp3) is 0.167. The maximum Gasteiger partial charge on any atom is 0.184 e. The fourth-order valence-electron chi connectivity index (χ4n) is 1.53. The van der Waals surface area contributed by atoms with Crippen LogP contribution in [0.15, 0.2) is 22.7 Å². The van der Waals surface area contributed by atoms with Crippen molar-refractivity contribution in [1.82, 2.24) is 5.16 Å². The van der Waals surface area contributed by atoms with Crippen molar-refractivity contribution in [2.75, 3.05) is 7.11 Å². The molecule has 0 N–H and O–H groups in total. The van der Waals surface area contributed by atoms with E-state index in [4.69, 9.17) is 26.1 Å². The Balaban J connectivity index is 2.53. The largest absolute Gasteiger partial charge is 0.495 e. The van der Waals surface area contributed by atoms with Gasteiger partial charge >= 0.3 is 0 Å². The number of nitrogens with zero attached hydrogens (tertiary/aromatic N) is 2. The van der Waals surface area contributed by atoms with Crippen LogP contribution in [-0.4, -0.2) is 12.3 Å². The van der Waals surface area contributed by atoms with E-state index >= 15 is 0 Å². The van der Waals surface area contributed by atoms with Gasteiger partial charge in [-0.3, -0.25) is 0 Å². The Kier molecular flexibility index (Phi) is 3.03. The zero-order valence-corrected chi connectivity index (χ0v) is 10.1. The molecule has 86 valence electrons. The molecule has 4 nitrogen and oxygen atoms in total. The summed E-state index contributed by atoms with van der Waals surface area (Å²) >= 11 is 6.04. The van der Waals surface area contributed by atoms with Gasteiger partial charge in [-0.2, -0.15) is 5.26 Å². The first-order valence-electron chi connectivity index (χ1n) is 4.87. The number of benzene rings is 1. The zero-order chi connectivity index (χ0) is 12.4. The monoisotopic (exact) mass is 248 g/mol. The third kappa shape index (κ3) is 2.10. The molecule has 0 fully saturated rings. The standard InChI is InChI=1S/C12H9ClN2O2/c1-7-3-12(16-2)10(13)5-9(7)11-4-8(6-14)15-17-11/h3-5H,1-2H3. The van der Waals surface area contributed by atoms with Gasteiger partial charge in [-0.1, -0.05) is 16.8 Å². The van der Waals surface area contributed by atoms with E-state index in [-0.39, 0.29) is 5.69 Å². The summed E-state index contributed by atoms with van der Waals surface area (Å²) < 4.78 is 10.2. The van der Waals surface area contributed by atoms with Crippen LogP contribution in [-0.2, 0) is 0 Å².